The molecule has 7 heteroatoms. The second-order valence-corrected chi connectivity index (χ2v) is 7.31. The van der Waals surface area contributed by atoms with E-state index >= 15 is 0 Å². The Hall–Kier alpha value is -2.08. The van der Waals surface area contributed by atoms with Crippen molar-refractivity contribution in [2.24, 2.45) is 17.0 Å². The summed E-state index contributed by atoms with van der Waals surface area (Å²) in [6, 6.07) is 7.56. The van der Waals surface area contributed by atoms with Crippen LogP contribution < -0.4 is 5.32 Å². The van der Waals surface area contributed by atoms with Gasteiger partial charge in [0.25, 0.3) is 5.91 Å². The van der Waals surface area contributed by atoms with Crippen molar-refractivity contribution in [1.82, 2.24) is 10.2 Å². The first-order chi connectivity index (χ1) is 12.1. The molecule has 3 aliphatic rings. The molecule has 1 N–H and O–H groups in total. The number of hydrogen-bond donors (Lipinski definition) is 1. The molecule has 2 unspecified atom stereocenters. The number of benzene rings is 1. The molecule has 2 fully saturated rings. The predicted molar refractivity (Wildman–Crippen MR) is 93.3 cm³/mol. The van der Waals surface area contributed by atoms with Gasteiger partial charge in [-0.1, -0.05) is 28.9 Å². The summed E-state index contributed by atoms with van der Waals surface area (Å²) in [6.45, 7) is 1.58. The molecular formula is C18H20ClN3O3. The third-order valence-electron chi connectivity index (χ3n) is 4.99. The lowest BCUT2D eigenvalue weighted by atomic mass is 10.0. The summed E-state index contributed by atoms with van der Waals surface area (Å²) in [4.78, 5) is 31.8. The van der Waals surface area contributed by atoms with Gasteiger partial charge in [-0.25, -0.2) is 0 Å². The molecule has 2 aliphatic heterocycles. The maximum absolute atomic E-state index is 12.4. The minimum atomic E-state index is -0.206. The normalized spacial score (nSPS) is 24.5. The summed E-state index contributed by atoms with van der Waals surface area (Å²) in [5.74, 6) is 0.0633. The molecule has 6 nitrogen and oxygen atoms in total. The van der Waals surface area contributed by atoms with Crippen molar-refractivity contribution >= 4 is 29.1 Å². The first kappa shape index (κ1) is 16.4. The van der Waals surface area contributed by atoms with Gasteiger partial charge in [0.05, 0.1) is 12.5 Å². The number of hydrogen-bond acceptors (Lipinski definition) is 4. The van der Waals surface area contributed by atoms with Gasteiger partial charge in [-0.3, -0.25) is 9.59 Å². The van der Waals surface area contributed by atoms with Crippen LogP contribution in [0.1, 0.15) is 18.4 Å². The minimum absolute atomic E-state index is 0.113. The van der Waals surface area contributed by atoms with Gasteiger partial charge in [-0.15, -0.1) is 0 Å². The molecule has 4 rings (SSSR count). The highest BCUT2D eigenvalue weighted by atomic mass is 35.5. The van der Waals surface area contributed by atoms with Crippen LogP contribution in [-0.2, 0) is 20.8 Å². The number of halogens is 1. The molecule has 1 aromatic rings. The standard InChI is InChI=1S/C18H20ClN3O3/c19-13-5-1-11(2-6-13)7-8-20-17(23)16-14-9-22(10-15(14)25-21-16)18(24)12-3-4-12/h1-2,5-6,12,14-15H,3-4,7-10H2,(H,20,23). The van der Waals surface area contributed by atoms with Crippen LogP contribution in [0.25, 0.3) is 0 Å². The summed E-state index contributed by atoms with van der Waals surface area (Å²) in [7, 11) is 0. The van der Waals surface area contributed by atoms with Crippen LogP contribution in [0, 0.1) is 11.8 Å². The summed E-state index contributed by atoms with van der Waals surface area (Å²) in [5, 5.41) is 7.55. The van der Waals surface area contributed by atoms with Crippen molar-refractivity contribution in [1.29, 1.82) is 0 Å². The third-order valence-corrected chi connectivity index (χ3v) is 5.24. The van der Waals surface area contributed by atoms with Crippen LogP contribution >= 0.6 is 11.6 Å². The Kier molecular flexibility index (Phi) is 4.37. The van der Waals surface area contributed by atoms with Gasteiger partial charge < -0.3 is 15.1 Å². The second-order valence-electron chi connectivity index (χ2n) is 6.88. The van der Waals surface area contributed by atoms with Crippen molar-refractivity contribution < 1.29 is 14.4 Å². The van der Waals surface area contributed by atoms with Crippen molar-refractivity contribution in [3.8, 4) is 0 Å². The van der Waals surface area contributed by atoms with E-state index in [0.717, 1.165) is 24.8 Å². The van der Waals surface area contributed by atoms with E-state index in [-0.39, 0.29) is 29.8 Å². The van der Waals surface area contributed by atoms with Crippen LogP contribution in [-0.4, -0.2) is 48.2 Å². The highest BCUT2D eigenvalue weighted by Gasteiger charge is 2.48. The molecule has 0 bridgehead atoms. The highest BCUT2D eigenvalue weighted by Crippen LogP contribution is 2.35. The molecule has 1 saturated heterocycles. The fraction of sp³-hybridized carbons (Fsp3) is 0.500. The number of oxime groups is 1. The molecule has 2 atom stereocenters. The summed E-state index contributed by atoms with van der Waals surface area (Å²) in [6.07, 6.45) is 2.51. The third kappa shape index (κ3) is 3.49. The molecule has 0 aromatic heterocycles. The quantitative estimate of drug-likeness (QED) is 0.866. The summed E-state index contributed by atoms with van der Waals surface area (Å²) < 4.78 is 0. The molecule has 25 heavy (non-hydrogen) atoms. The van der Waals surface area contributed by atoms with E-state index in [1.165, 1.54) is 0 Å². The molecule has 1 aliphatic carbocycles. The topological polar surface area (TPSA) is 71.0 Å². The van der Waals surface area contributed by atoms with Crippen molar-refractivity contribution in [3.63, 3.8) is 0 Å². The van der Waals surface area contributed by atoms with E-state index in [1.54, 1.807) is 0 Å². The van der Waals surface area contributed by atoms with Crippen molar-refractivity contribution in [3.05, 3.63) is 34.9 Å². The lowest BCUT2D eigenvalue weighted by molar-refractivity contribution is -0.132. The van der Waals surface area contributed by atoms with Gasteiger partial charge in [-0.05, 0) is 37.0 Å². The fourth-order valence-corrected chi connectivity index (χ4v) is 3.50. The van der Waals surface area contributed by atoms with Crippen molar-refractivity contribution in [2.75, 3.05) is 19.6 Å². The number of amides is 2. The lowest BCUT2D eigenvalue weighted by Gasteiger charge is -2.16. The van der Waals surface area contributed by atoms with E-state index < -0.39 is 0 Å². The van der Waals surface area contributed by atoms with E-state index in [9.17, 15) is 9.59 Å². The average Bonchev–Trinajstić information content (AvgIpc) is 3.25. The smallest absolute Gasteiger partial charge is 0.269 e. The molecule has 2 amide bonds. The van der Waals surface area contributed by atoms with E-state index in [1.807, 2.05) is 29.2 Å². The van der Waals surface area contributed by atoms with Crippen LogP contribution in [0.3, 0.4) is 0 Å². The molecule has 132 valence electrons. The molecule has 0 radical (unpaired) electrons. The van der Waals surface area contributed by atoms with Gasteiger partial charge >= 0.3 is 0 Å². The van der Waals surface area contributed by atoms with E-state index in [2.05, 4.69) is 10.5 Å². The Morgan fingerprint density at radius 1 is 1.24 bits per heavy atom. The summed E-state index contributed by atoms with van der Waals surface area (Å²) in [5.41, 5.74) is 1.52. The number of carbonyl (C=O) groups is 2. The zero-order valence-corrected chi connectivity index (χ0v) is 14.5. The molecular weight excluding hydrogens is 342 g/mol. The predicted octanol–water partition coefficient (Wildman–Crippen LogP) is 1.62. The number of rotatable bonds is 5. The monoisotopic (exact) mass is 361 g/mol. The second kappa shape index (κ2) is 6.67. The van der Waals surface area contributed by atoms with Gasteiger partial charge in [0, 0.05) is 24.0 Å². The molecule has 2 heterocycles. The van der Waals surface area contributed by atoms with Crippen LogP contribution in [0.5, 0.6) is 0 Å². The van der Waals surface area contributed by atoms with Gasteiger partial charge in [-0.2, -0.15) is 0 Å². The zero-order valence-electron chi connectivity index (χ0n) is 13.8. The van der Waals surface area contributed by atoms with Crippen LogP contribution in [0.2, 0.25) is 5.02 Å². The maximum Gasteiger partial charge on any atom is 0.269 e. The largest absolute Gasteiger partial charge is 0.389 e. The number of carbonyl (C=O) groups excluding carboxylic acids is 2. The Bertz CT molecular complexity index is 715. The lowest BCUT2D eigenvalue weighted by Crippen LogP contribution is -2.38. The molecule has 1 aromatic carbocycles. The number of nitrogens with zero attached hydrogens (tertiary/aromatic N) is 2. The Labute approximate surface area is 151 Å². The van der Waals surface area contributed by atoms with Crippen LogP contribution in [0.15, 0.2) is 29.4 Å². The first-order valence-corrected chi connectivity index (χ1v) is 9.05. The highest BCUT2D eigenvalue weighted by molar-refractivity contribution is 6.40. The number of likely N-dealkylation sites (tertiary alicyclic amines) is 1. The van der Waals surface area contributed by atoms with Gasteiger partial charge in [0.2, 0.25) is 5.91 Å². The van der Waals surface area contributed by atoms with Crippen molar-refractivity contribution in [2.45, 2.75) is 25.4 Å². The number of nitrogens with one attached hydrogen (secondary N) is 1. The van der Waals surface area contributed by atoms with Gasteiger partial charge in [0.15, 0.2) is 11.8 Å². The first-order valence-electron chi connectivity index (χ1n) is 8.67. The Morgan fingerprint density at radius 2 is 2.00 bits per heavy atom. The maximum atomic E-state index is 12.4. The SMILES string of the molecule is O=C(NCCc1ccc(Cl)cc1)C1=NOC2CN(C(=O)C3CC3)CC12. The summed E-state index contributed by atoms with van der Waals surface area (Å²) >= 11 is 5.86. The molecule has 1 saturated carbocycles. The van der Waals surface area contributed by atoms with E-state index in [0.29, 0.717) is 30.4 Å². The molecule has 0 spiro atoms. The van der Waals surface area contributed by atoms with E-state index in [4.69, 9.17) is 16.4 Å². The minimum Gasteiger partial charge on any atom is -0.389 e. The fourth-order valence-electron chi connectivity index (χ4n) is 3.38. The number of fused-ring (bicyclic) bond motifs is 1. The van der Waals surface area contributed by atoms with Crippen LogP contribution in [0.4, 0.5) is 0 Å². The Balaban J connectivity index is 1.29. The zero-order chi connectivity index (χ0) is 17.4. The average molecular weight is 362 g/mol. The van der Waals surface area contributed by atoms with Gasteiger partial charge in [0.1, 0.15) is 0 Å². The Morgan fingerprint density at radius 3 is 2.72 bits per heavy atom.